The summed E-state index contributed by atoms with van der Waals surface area (Å²) in [4.78, 5) is 15.7. The predicted molar refractivity (Wildman–Crippen MR) is 117 cm³/mol. The number of nitrogens with one attached hydrogen (secondary N) is 1. The zero-order valence-electron chi connectivity index (χ0n) is 18.1. The van der Waals surface area contributed by atoms with Gasteiger partial charge in [0.1, 0.15) is 5.69 Å². The second kappa shape index (κ2) is 9.13. The first-order valence-electron chi connectivity index (χ1n) is 10.2. The second-order valence-electron chi connectivity index (χ2n) is 7.45. The van der Waals surface area contributed by atoms with Gasteiger partial charge in [-0.1, -0.05) is 18.0 Å². The Morgan fingerprint density at radius 3 is 2.31 bits per heavy atom. The molecule has 0 bridgehead atoms. The molecule has 168 valence electrons. The molecule has 1 heterocycles. The minimum absolute atomic E-state index is 0.0260. The van der Waals surface area contributed by atoms with Crippen LogP contribution in [-0.4, -0.2) is 42.4 Å². The highest BCUT2D eigenvalue weighted by Gasteiger charge is 2.23. The van der Waals surface area contributed by atoms with E-state index in [-0.39, 0.29) is 23.4 Å². The Kier molecular flexibility index (Phi) is 6.11. The van der Waals surface area contributed by atoms with Gasteiger partial charge in [-0.05, 0) is 37.1 Å². The maximum atomic E-state index is 11.7. The zero-order chi connectivity index (χ0) is 22.7. The van der Waals surface area contributed by atoms with E-state index in [0.717, 1.165) is 25.7 Å². The van der Waals surface area contributed by atoms with Gasteiger partial charge in [-0.3, -0.25) is 10.1 Å². The van der Waals surface area contributed by atoms with Crippen molar-refractivity contribution < 1.29 is 23.7 Å². The van der Waals surface area contributed by atoms with Crippen molar-refractivity contribution in [3.05, 3.63) is 40.4 Å². The van der Waals surface area contributed by atoms with Crippen molar-refractivity contribution in [3.63, 3.8) is 0 Å². The molecule has 0 unspecified atom stereocenters. The number of methoxy groups -OCH3 is 3. The second-order valence-corrected chi connectivity index (χ2v) is 7.45. The highest BCUT2D eigenvalue weighted by Crippen LogP contribution is 2.41. The number of nitro groups is 1. The van der Waals surface area contributed by atoms with E-state index in [1.807, 2.05) is 0 Å². The van der Waals surface area contributed by atoms with Crippen molar-refractivity contribution in [1.29, 1.82) is 0 Å². The summed E-state index contributed by atoms with van der Waals surface area (Å²) in [5, 5.41) is 19.0. The van der Waals surface area contributed by atoms with Gasteiger partial charge >= 0.3 is 0 Å². The van der Waals surface area contributed by atoms with Crippen LogP contribution in [0.1, 0.15) is 25.7 Å². The summed E-state index contributed by atoms with van der Waals surface area (Å²) in [6.45, 7) is 0. The number of benzene rings is 2. The van der Waals surface area contributed by atoms with Crippen molar-refractivity contribution in [2.24, 2.45) is 0 Å². The Labute approximate surface area is 184 Å². The molecule has 4 rings (SSSR count). The lowest BCUT2D eigenvalue weighted by Crippen LogP contribution is -2.15. The summed E-state index contributed by atoms with van der Waals surface area (Å²) in [7, 11) is 4.55. The monoisotopic (exact) mass is 440 g/mol. The molecule has 1 aliphatic rings. The molecule has 0 amide bonds. The fourth-order valence-corrected chi connectivity index (χ4v) is 3.90. The Morgan fingerprint density at radius 1 is 1.03 bits per heavy atom. The molecule has 1 fully saturated rings. The molecule has 0 radical (unpaired) electrons. The summed E-state index contributed by atoms with van der Waals surface area (Å²) in [5.41, 5.74) is 1.51. The minimum Gasteiger partial charge on any atom is -0.493 e. The number of anilines is 1. The van der Waals surface area contributed by atoms with Crippen LogP contribution >= 0.6 is 0 Å². The molecule has 3 aromatic rings. The standard InChI is InChI=1S/C22H24N4O6/c1-29-18-11-14(12-19(30-2)20(18)31-3)21-24-22(32-25-21)13-8-9-16(17(10-13)26(27)28)23-15-6-4-5-7-15/h8-12,15,23H,4-7H2,1-3H3. The molecule has 10 nitrogen and oxygen atoms in total. The lowest BCUT2D eigenvalue weighted by molar-refractivity contribution is -0.383. The molecule has 1 N–H and O–H groups in total. The quantitative estimate of drug-likeness (QED) is 0.392. The first-order chi connectivity index (χ1) is 15.5. The van der Waals surface area contributed by atoms with Crippen LogP contribution in [0.15, 0.2) is 34.9 Å². The van der Waals surface area contributed by atoms with Crippen LogP contribution in [0.4, 0.5) is 11.4 Å². The van der Waals surface area contributed by atoms with Gasteiger partial charge < -0.3 is 24.1 Å². The molecule has 1 aliphatic carbocycles. The summed E-state index contributed by atoms with van der Waals surface area (Å²) in [5.74, 6) is 1.81. The van der Waals surface area contributed by atoms with Gasteiger partial charge in [-0.15, -0.1) is 0 Å². The summed E-state index contributed by atoms with van der Waals surface area (Å²) in [6.07, 6.45) is 4.30. The van der Waals surface area contributed by atoms with E-state index in [4.69, 9.17) is 18.7 Å². The summed E-state index contributed by atoms with van der Waals surface area (Å²) < 4.78 is 21.5. The molecule has 0 spiro atoms. The number of nitro benzene ring substituents is 1. The molecule has 1 aromatic heterocycles. The van der Waals surface area contributed by atoms with E-state index in [1.165, 1.54) is 27.4 Å². The van der Waals surface area contributed by atoms with Crippen molar-refractivity contribution in [1.82, 2.24) is 10.1 Å². The lowest BCUT2D eigenvalue weighted by Gasteiger charge is -2.13. The molecule has 0 atom stereocenters. The molecular formula is C22H24N4O6. The third-order valence-corrected chi connectivity index (χ3v) is 5.51. The molecular weight excluding hydrogens is 416 g/mol. The Morgan fingerprint density at radius 2 is 1.72 bits per heavy atom. The fraction of sp³-hybridized carbons (Fsp3) is 0.364. The van der Waals surface area contributed by atoms with Gasteiger partial charge in [-0.2, -0.15) is 4.98 Å². The van der Waals surface area contributed by atoms with Crippen LogP contribution in [0.5, 0.6) is 17.2 Å². The summed E-state index contributed by atoms with van der Waals surface area (Å²) in [6, 6.07) is 8.53. The predicted octanol–water partition coefficient (Wildman–Crippen LogP) is 4.69. The van der Waals surface area contributed by atoms with Gasteiger partial charge in [0.15, 0.2) is 11.5 Å². The van der Waals surface area contributed by atoms with Crippen molar-refractivity contribution in [2.75, 3.05) is 26.6 Å². The van der Waals surface area contributed by atoms with Gasteiger partial charge in [-0.25, -0.2) is 0 Å². The van der Waals surface area contributed by atoms with Crippen LogP contribution < -0.4 is 19.5 Å². The van der Waals surface area contributed by atoms with E-state index in [9.17, 15) is 10.1 Å². The van der Waals surface area contributed by atoms with Crippen LogP contribution in [0.3, 0.4) is 0 Å². The van der Waals surface area contributed by atoms with Crippen LogP contribution in [0.25, 0.3) is 22.8 Å². The minimum atomic E-state index is -0.405. The average Bonchev–Trinajstić information content (AvgIpc) is 3.50. The Balaban J connectivity index is 1.66. The zero-order valence-corrected chi connectivity index (χ0v) is 18.1. The molecule has 32 heavy (non-hydrogen) atoms. The third-order valence-electron chi connectivity index (χ3n) is 5.51. The van der Waals surface area contributed by atoms with Crippen molar-refractivity contribution in [3.8, 4) is 40.1 Å². The number of hydrogen-bond donors (Lipinski definition) is 1. The van der Waals surface area contributed by atoms with E-state index in [1.54, 1.807) is 24.3 Å². The smallest absolute Gasteiger partial charge is 0.293 e. The van der Waals surface area contributed by atoms with E-state index in [0.29, 0.717) is 34.1 Å². The van der Waals surface area contributed by atoms with Crippen LogP contribution in [-0.2, 0) is 0 Å². The van der Waals surface area contributed by atoms with Crippen molar-refractivity contribution >= 4 is 11.4 Å². The molecule has 0 saturated heterocycles. The molecule has 2 aromatic carbocycles. The first-order valence-corrected chi connectivity index (χ1v) is 10.2. The maximum absolute atomic E-state index is 11.7. The molecule has 0 aliphatic heterocycles. The number of rotatable bonds is 8. The average molecular weight is 440 g/mol. The van der Waals surface area contributed by atoms with Crippen LogP contribution in [0, 0.1) is 10.1 Å². The Hall–Kier alpha value is -3.82. The number of nitrogens with zero attached hydrogens (tertiary/aromatic N) is 3. The van der Waals surface area contributed by atoms with Gasteiger partial charge in [0.05, 0.1) is 26.3 Å². The highest BCUT2D eigenvalue weighted by molar-refractivity contribution is 5.72. The SMILES string of the molecule is COc1cc(-c2noc(-c3ccc(NC4CCCC4)c([N+](=O)[O-])c3)n2)cc(OC)c1OC. The maximum Gasteiger partial charge on any atom is 0.293 e. The van der Waals surface area contributed by atoms with Gasteiger partial charge in [0, 0.05) is 23.2 Å². The number of aromatic nitrogens is 2. The largest absolute Gasteiger partial charge is 0.493 e. The fourth-order valence-electron chi connectivity index (χ4n) is 3.90. The summed E-state index contributed by atoms with van der Waals surface area (Å²) >= 11 is 0. The van der Waals surface area contributed by atoms with Crippen LogP contribution in [0.2, 0.25) is 0 Å². The topological polar surface area (TPSA) is 122 Å². The lowest BCUT2D eigenvalue weighted by atomic mass is 10.1. The third kappa shape index (κ3) is 4.16. The highest BCUT2D eigenvalue weighted by atomic mass is 16.6. The van der Waals surface area contributed by atoms with Gasteiger partial charge in [0.2, 0.25) is 11.6 Å². The first kappa shape index (κ1) is 21.4. The van der Waals surface area contributed by atoms with Crippen molar-refractivity contribution in [2.45, 2.75) is 31.7 Å². The normalized spacial score (nSPS) is 13.7. The number of hydrogen-bond acceptors (Lipinski definition) is 9. The number of ether oxygens (including phenoxy) is 3. The van der Waals surface area contributed by atoms with E-state index in [2.05, 4.69) is 15.5 Å². The molecule has 10 heteroatoms. The van der Waals surface area contributed by atoms with Gasteiger partial charge in [0.25, 0.3) is 11.6 Å². The molecule has 1 saturated carbocycles. The van der Waals surface area contributed by atoms with E-state index < -0.39 is 4.92 Å². The Bertz CT molecular complexity index is 1100. The van der Waals surface area contributed by atoms with E-state index >= 15 is 0 Å².